The molecule has 6 aromatic rings. The van der Waals surface area contributed by atoms with Crippen LogP contribution >= 0.6 is 0 Å². The Labute approximate surface area is 259 Å². The molecule has 2 heteroatoms. The van der Waals surface area contributed by atoms with Gasteiger partial charge in [-0.05, 0) is 93.4 Å². The van der Waals surface area contributed by atoms with Gasteiger partial charge in [0.25, 0.3) is 0 Å². The number of furan rings is 1. The van der Waals surface area contributed by atoms with Crippen LogP contribution in [0.4, 0.5) is 11.4 Å². The molecule has 5 aromatic carbocycles. The Morgan fingerprint density at radius 3 is 1.89 bits per heavy atom. The first-order valence-corrected chi connectivity index (χ1v) is 15.8. The summed E-state index contributed by atoms with van der Waals surface area (Å²) in [5, 5.41) is 1.21. The minimum Gasteiger partial charge on any atom is -0.460 e. The van der Waals surface area contributed by atoms with E-state index in [2.05, 4.69) is 148 Å². The van der Waals surface area contributed by atoms with Crippen LogP contribution in [0.25, 0.3) is 39.3 Å². The molecule has 0 fully saturated rings. The lowest BCUT2D eigenvalue weighted by Crippen LogP contribution is -2.20. The normalized spacial score (nSPS) is 16.5. The Kier molecular flexibility index (Phi) is 5.17. The number of anilines is 2. The van der Waals surface area contributed by atoms with Crippen molar-refractivity contribution in [2.45, 2.75) is 51.4 Å². The topological polar surface area (TPSA) is 16.4 Å². The van der Waals surface area contributed by atoms with Crippen LogP contribution in [0.1, 0.15) is 67.7 Å². The van der Waals surface area contributed by atoms with Gasteiger partial charge in [0.2, 0.25) is 0 Å². The number of para-hydroxylation sites is 1. The summed E-state index contributed by atoms with van der Waals surface area (Å²) in [6.07, 6.45) is 4.19. The molecule has 0 N–H and O–H groups in total. The molecule has 0 aliphatic heterocycles. The molecule has 44 heavy (non-hydrogen) atoms. The maximum Gasteiger partial charge on any atom is 0.135 e. The standard InChI is InChI=1S/C42H35NO/c1-41(2)35-16-10-8-14-29(35)31-20-18-28(23-37(31)41)43(26-12-6-5-7-13-26)27-19-21-39-33(22-27)34-24-32-30-15-9-11-17-36(30)42(3,4)38(32)25-40(34)44-39/h5-18,20,22-25H,19,21H2,1-4H3. The fourth-order valence-corrected chi connectivity index (χ4v) is 8.25. The Bertz CT molecular complexity index is 2180. The predicted octanol–water partition coefficient (Wildman–Crippen LogP) is 11.2. The number of aryl methyl sites for hydroxylation is 1. The first-order valence-electron chi connectivity index (χ1n) is 15.8. The van der Waals surface area contributed by atoms with E-state index in [1.54, 1.807) is 0 Å². The van der Waals surface area contributed by atoms with Crippen molar-refractivity contribution in [3.05, 3.63) is 148 Å². The lowest BCUT2D eigenvalue weighted by Gasteiger charge is -2.31. The summed E-state index contributed by atoms with van der Waals surface area (Å²) >= 11 is 0. The highest BCUT2D eigenvalue weighted by atomic mass is 16.3. The maximum absolute atomic E-state index is 6.61. The minimum atomic E-state index is -0.0520. The Morgan fingerprint density at radius 2 is 1.16 bits per heavy atom. The van der Waals surface area contributed by atoms with Crippen LogP contribution in [0.15, 0.2) is 119 Å². The van der Waals surface area contributed by atoms with Gasteiger partial charge >= 0.3 is 0 Å². The summed E-state index contributed by atoms with van der Waals surface area (Å²) in [4.78, 5) is 2.47. The number of rotatable bonds is 3. The quantitative estimate of drug-likeness (QED) is 0.211. The number of hydrogen-bond acceptors (Lipinski definition) is 2. The highest BCUT2D eigenvalue weighted by molar-refractivity contribution is 5.97. The van der Waals surface area contributed by atoms with Crippen molar-refractivity contribution in [3.63, 3.8) is 0 Å². The first-order chi connectivity index (χ1) is 21.3. The van der Waals surface area contributed by atoms with Crippen LogP contribution < -0.4 is 4.90 Å². The van der Waals surface area contributed by atoms with Crippen LogP contribution in [0, 0.1) is 0 Å². The molecule has 0 amide bonds. The molecule has 0 bridgehead atoms. The summed E-state index contributed by atoms with van der Waals surface area (Å²) in [7, 11) is 0. The van der Waals surface area contributed by atoms with E-state index in [-0.39, 0.29) is 10.8 Å². The van der Waals surface area contributed by atoms with Crippen molar-refractivity contribution in [3.8, 4) is 22.3 Å². The Morgan fingerprint density at radius 1 is 0.545 bits per heavy atom. The fourth-order valence-electron chi connectivity index (χ4n) is 8.25. The molecule has 0 saturated heterocycles. The van der Waals surface area contributed by atoms with Gasteiger partial charge in [0.1, 0.15) is 11.3 Å². The van der Waals surface area contributed by atoms with E-state index < -0.39 is 0 Å². The molecule has 0 atom stereocenters. The number of fused-ring (bicyclic) bond motifs is 9. The van der Waals surface area contributed by atoms with Gasteiger partial charge in [0, 0.05) is 45.3 Å². The summed E-state index contributed by atoms with van der Waals surface area (Å²) in [5.41, 5.74) is 16.7. The van der Waals surface area contributed by atoms with Crippen molar-refractivity contribution < 1.29 is 4.42 Å². The van der Waals surface area contributed by atoms with E-state index in [1.807, 2.05) is 0 Å². The van der Waals surface area contributed by atoms with Crippen LogP contribution in [0.5, 0.6) is 0 Å². The molecule has 3 aliphatic rings. The smallest absolute Gasteiger partial charge is 0.135 e. The molecule has 214 valence electrons. The number of benzene rings is 5. The van der Waals surface area contributed by atoms with Gasteiger partial charge in [0.15, 0.2) is 0 Å². The van der Waals surface area contributed by atoms with Crippen LogP contribution in [0.2, 0.25) is 0 Å². The van der Waals surface area contributed by atoms with Crippen molar-refractivity contribution in [1.82, 2.24) is 0 Å². The van der Waals surface area contributed by atoms with Gasteiger partial charge < -0.3 is 9.32 Å². The van der Waals surface area contributed by atoms with Gasteiger partial charge in [0.05, 0.1) is 0 Å². The second-order valence-corrected chi connectivity index (χ2v) is 13.7. The van der Waals surface area contributed by atoms with E-state index in [9.17, 15) is 0 Å². The molecule has 9 rings (SSSR count). The number of allylic oxidation sites excluding steroid dienone is 1. The second kappa shape index (κ2) is 8.86. The zero-order chi connectivity index (χ0) is 29.8. The zero-order valence-electron chi connectivity index (χ0n) is 25.7. The SMILES string of the molecule is CC1(C)c2ccccc2-c2ccc(N(C3=Cc4c(oc5cc6c(cc45)-c4ccccc4C6(C)C)CC3)c3ccccc3)cc21. The van der Waals surface area contributed by atoms with Crippen molar-refractivity contribution in [2.75, 3.05) is 4.90 Å². The molecule has 0 unspecified atom stereocenters. The molecule has 1 heterocycles. The summed E-state index contributed by atoms with van der Waals surface area (Å²) in [5.74, 6) is 1.09. The minimum absolute atomic E-state index is 0.0421. The van der Waals surface area contributed by atoms with E-state index in [4.69, 9.17) is 4.42 Å². The van der Waals surface area contributed by atoms with Gasteiger partial charge in [-0.2, -0.15) is 0 Å². The molecule has 3 aliphatic carbocycles. The summed E-state index contributed by atoms with van der Waals surface area (Å²) in [6, 6.07) is 40.3. The third-order valence-corrected chi connectivity index (χ3v) is 10.6. The maximum atomic E-state index is 6.61. The summed E-state index contributed by atoms with van der Waals surface area (Å²) < 4.78 is 6.61. The fraction of sp³-hybridized carbons (Fsp3) is 0.190. The van der Waals surface area contributed by atoms with Gasteiger partial charge in [-0.15, -0.1) is 0 Å². The Balaban J connectivity index is 1.21. The average molecular weight is 570 g/mol. The molecular formula is C42H35NO. The largest absolute Gasteiger partial charge is 0.460 e. The highest BCUT2D eigenvalue weighted by Crippen LogP contribution is 2.52. The van der Waals surface area contributed by atoms with Crippen LogP contribution in [-0.2, 0) is 17.3 Å². The van der Waals surface area contributed by atoms with E-state index in [0.29, 0.717) is 0 Å². The Hall–Kier alpha value is -4.82. The third kappa shape index (κ3) is 3.43. The van der Waals surface area contributed by atoms with Crippen molar-refractivity contribution >= 4 is 28.4 Å². The lowest BCUT2D eigenvalue weighted by molar-refractivity contribution is 0.541. The number of nitrogens with zero attached hydrogens (tertiary/aromatic N) is 1. The third-order valence-electron chi connectivity index (χ3n) is 10.6. The van der Waals surface area contributed by atoms with E-state index >= 15 is 0 Å². The molecular weight excluding hydrogens is 534 g/mol. The molecule has 0 radical (unpaired) electrons. The van der Waals surface area contributed by atoms with Crippen molar-refractivity contribution in [1.29, 1.82) is 0 Å². The second-order valence-electron chi connectivity index (χ2n) is 13.7. The monoisotopic (exact) mass is 569 g/mol. The van der Waals surface area contributed by atoms with Crippen LogP contribution in [0.3, 0.4) is 0 Å². The van der Waals surface area contributed by atoms with Gasteiger partial charge in [-0.1, -0.05) is 100 Å². The summed E-state index contributed by atoms with van der Waals surface area (Å²) in [6.45, 7) is 9.38. The number of hydrogen-bond donors (Lipinski definition) is 0. The molecule has 1 aromatic heterocycles. The zero-order valence-corrected chi connectivity index (χ0v) is 25.7. The highest BCUT2D eigenvalue weighted by Gasteiger charge is 2.38. The van der Waals surface area contributed by atoms with E-state index in [1.165, 1.54) is 72.5 Å². The van der Waals surface area contributed by atoms with Gasteiger partial charge in [-0.3, -0.25) is 0 Å². The average Bonchev–Trinajstić information content (AvgIpc) is 3.60. The van der Waals surface area contributed by atoms with E-state index in [0.717, 1.165) is 24.2 Å². The molecule has 0 spiro atoms. The lowest BCUT2D eigenvalue weighted by atomic mass is 9.82. The van der Waals surface area contributed by atoms with Gasteiger partial charge in [-0.25, -0.2) is 0 Å². The van der Waals surface area contributed by atoms with Crippen LogP contribution in [-0.4, -0.2) is 0 Å². The van der Waals surface area contributed by atoms with Crippen molar-refractivity contribution in [2.24, 2.45) is 0 Å². The molecule has 2 nitrogen and oxygen atoms in total. The first kappa shape index (κ1) is 25.7. The molecule has 0 saturated carbocycles. The predicted molar refractivity (Wildman–Crippen MR) is 183 cm³/mol.